The molecule has 0 radical (unpaired) electrons. The summed E-state index contributed by atoms with van der Waals surface area (Å²) in [4.78, 5) is 25.8. The molecule has 3 heterocycles. The molecular formula is C16H15BrF3N5O. The quantitative estimate of drug-likeness (QED) is 0.811. The van der Waals surface area contributed by atoms with E-state index in [2.05, 4.69) is 36.2 Å². The summed E-state index contributed by atoms with van der Waals surface area (Å²) in [7, 11) is 0. The first-order chi connectivity index (χ1) is 12.3. The lowest BCUT2D eigenvalue weighted by Gasteiger charge is -2.33. The maximum absolute atomic E-state index is 12.7. The van der Waals surface area contributed by atoms with Crippen LogP contribution in [0.15, 0.2) is 35.3 Å². The highest BCUT2D eigenvalue weighted by atomic mass is 79.9. The number of anilines is 1. The minimum absolute atomic E-state index is 0.0334. The summed E-state index contributed by atoms with van der Waals surface area (Å²) >= 11 is 3.17. The molecule has 6 nitrogen and oxygen atoms in total. The van der Waals surface area contributed by atoms with E-state index in [0.717, 1.165) is 12.3 Å². The van der Waals surface area contributed by atoms with Gasteiger partial charge in [0.25, 0.3) is 5.91 Å². The first-order valence-electron chi connectivity index (χ1n) is 7.89. The lowest BCUT2D eigenvalue weighted by atomic mass is 10.0. The molecule has 26 heavy (non-hydrogen) atoms. The third-order valence-corrected chi connectivity index (χ3v) is 4.66. The summed E-state index contributed by atoms with van der Waals surface area (Å²) in [6.45, 7) is 1.14. The van der Waals surface area contributed by atoms with Crippen molar-refractivity contribution in [2.45, 2.75) is 25.1 Å². The van der Waals surface area contributed by atoms with Crippen LogP contribution in [0.1, 0.15) is 28.9 Å². The molecule has 3 rings (SSSR count). The minimum Gasteiger partial charge on any atom is -0.356 e. The van der Waals surface area contributed by atoms with Gasteiger partial charge in [-0.15, -0.1) is 0 Å². The number of rotatable bonds is 3. The topological polar surface area (TPSA) is 71.0 Å². The first kappa shape index (κ1) is 18.6. The van der Waals surface area contributed by atoms with E-state index in [0.29, 0.717) is 36.2 Å². The molecule has 1 aliphatic heterocycles. The number of aromatic nitrogens is 3. The summed E-state index contributed by atoms with van der Waals surface area (Å²) in [6.07, 6.45) is 2.05. The number of carbonyl (C=O) groups is 1. The number of amides is 1. The van der Waals surface area contributed by atoms with Gasteiger partial charge in [0, 0.05) is 37.7 Å². The van der Waals surface area contributed by atoms with E-state index in [-0.39, 0.29) is 17.6 Å². The van der Waals surface area contributed by atoms with E-state index in [1.54, 1.807) is 0 Å². The number of halogens is 4. The number of hydrogen-bond acceptors (Lipinski definition) is 5. The lowest BCUT2D eigenvalue weighted by molar-refractivity contribution is -0.137. The van der Waals surface area contributed by atoms with Crippen LogP contribution in [0.5, 0.6) is 0 Å². The standard InChI is InChI=1S/C16H15BrF3N5O/c17-12-7-10(16(18,19)20)8-23-14(12)25-5-1-11(2-6-25)24-15(26)13-9-21-3-4-22-13/h3-4,7-9,11H,1-2,5-6H2,(H,24,26). The number of carbonyl (C=O) groups excluding carboxylic acids is 1. The van der Waals surface area contributed by atoms with E-state index >= 15 is 0 Å². The fourth-order valence-corrected chi connectivity index (χ4v) is 3.33. The predicted molar refractivity (Wildman–Crippen MR) is 91.7 cm³/mol. The second kappa shape index (κ2) is 7.56. The van der Waals surface area contributed by atoms with Crippen LogP contribution in [-0.4, -0.2) is 40.0 Å². The molecular weight excluding hydrogens is 415 g/mol. The van der Waals surface area contributed by atoms with E-state index in [1.807, 2.05) is 4.90 Å². The van der Waals surface area contributed by atoms with Crippen molar-refractivity contribution in [3.63, 3.8) is 0 Å². The maximum atomic E-state index is 12.7. The Morgan fingerprint density at radius 2 is 1.92 bits per heavy atom. The molecule has 138 valence electrons. The van der Waals surface area contributed by atoms with Gasteiger partial charge in [-0.1, -0.05) is 0 Å². The molecule has 1 aliphatic rings. The Kier molecular flexibility index (Phi) is 5.40. The third kappa shape index (κ3) is 4.29. The SMILES string of the molecule is O=C(NC1CCN(c2ncc(C(F)(F)F)cc2Br)CC1)c1cnccn1. The Balaban J connectivity index is 1.59. The van der Waals surface area contributed by atoms with Gasteiger partial charge >= 0.3 is 6.18 Å². The smallest absolute Gasteiger partial charge is 0.356 e. The largest absolute Gasteiger partial charge is 0.417 e. The van der Waals surface area contributed by atoms with E-state index in [4.69, 9.17) is 0 Å². The molecule has 1 fully saturated rings. The van der Waals surface area contributed by atoms with Crippen molar-refractivity contribution in [2.24, 2.45) is 0 Å². The van der Waals surface area contributed by atoms with Gasteiger partial charge in [-0.05, 0) is 34.8 Å². The molecule has 0 aromatic carbocycles. The highest BCUT2D eigenvalue weighted by molar-refractivity contribution is 9.10. The summed E-state index contributed by atoms with van der Waals surface area (Å²) in [5, 5.41) is 2.90. The van der Waals surface area contributed by atoms with Crippen LogP contribution in [0, 0.1) is 0 Å². The van der Waals surface area contributed by atoms with Crippen molar-refractivity contribution in [2.75, 3.05) is 18.0 Å². The van der Waals surface area contributed by atoms with Crippen LogP contribution in [0.25, 0.3) is 0 Å². The highest BCUT2D eigenvalue weighted by Crippen LogP contribution is 2.34. The molecule has 1 saturated heterocycles. The van der Waals surface area contributed by atoms with Crippen LogP contribution >= 0.6 is 15.9 Å². The molecule has 2 aromatic rings. The predicted octanol–water partition coefficient (Wildman–Crippen LogP) is 3.05. The molecule has 2 aromatic heterocycles. The molecule has 1 N–H and O–H groups in total. The number of pyridine rings is 1. The average molecular weight is 430 g/mol. The lowest BCUT2D eigenvalue weighted by Crippen LogP contribution is -2.45. The van der Waals surface area contributed by atoms with E-state index in [9.17, 15) is 18.0 Å². The molecule has 0 unspecified atom stereocenters. The molecule has 0 spiro atoms. The molecule has 0 bridgehead atoms. The van der Waals surface area contributed by atoms with Crippen molar-refractivity contribution >= 4 is 27.7 Å². The zero-order valence-corrected chi connectivity index (χ0v) is 15.1. The number of alkyl halides is 3. The van der Waals surface area contributed by atoms with Crippen LogP contribution in [0.4, 0.5) is 19.0 Å². The number of nitrogens with zero attached hydrogens (tertiary/aromatic N) is 4. The van der Waals surface area contributed by atoms with Crippen molar-refractivity contribution in [1.29, 1.82) is 0 Å². The normalized spacial score (nSPS) is 15.8. The molecule has 0 aliphatic carbocycles. The van der Waals surface area contributed by atoms with Gasteiger partial charge in [0.2, 0.25) is 0 Å². The van der Waals surface area contributed by atoms with Crippen LogP contribution < -0.4 is 10.2 Å². The van der Waals surface area contributed by atoms with Crippen LogP contribution in [0.2, 0.25) is 0 Å². The minimum atomic E-state index is -4.42. The van der Waals surface area contributed by atoms with Crippen LogP contribution in [0.3, 0.4) is 0 Å². The van der Waals surface area contributed by atoms with E-state index < -0.39 is 11.7 Å². The van der Waals surface area contributed by atoms with Gasteiger partial charge < -0.3 is 10.2 Å². The van der Waals surface area contributed by atoms with Gasteiger partial charge in [0.1, 0.15) is 11.5 Å². The van der Waals surface area contributed by atoms with Crippen molar-refractivity contribution in [3.8, 4) is 0 Å². The third-order valence-electron chi connectivity index (χ3n) is 4.07. The highest BCUT2D eigenvalue weighted by Gasteiger charge is 2.32. The average Bonchev–Trinajstić information content (AvgIpc) is 2.62. The monoisotopic (exact) mass is 429 g/mol. The summed E-state index contributed by atoms with van der Waals surface area (Å²) in [6, 6.07) is 0.999. The van der Waals surface area contributed by atoms with E-state index in [1.165, 1.54) is 18.6 Å². The summed E-state index contributed by atoms with van der Waals surface area (Å²) in [5.41, 5.74) is -0.540. The molecule has 1 amide bonds. The number of piperidine rings is 1. The summed E-state index contributed by atoms with van der Waals surface area (Å²) in [5.74, 6) is 0.182. The van der Waals surface area contributed by atoms with Crippen LogP contribution in [-0.2, 0) is 6.18 Å². The molecule has 0 saturated carbocycles. The zero-order chi connectivity index (χ0) is 18.7. The Labute approximate surface area is 156 Å². The fraction of sp³-hybridized carbons (Fsp3) is 0.375. The van der Waals surface area contributed by atoms with Gasteiger partial charge in [0.05, 0.1) is 16.2 Å². The van der Waals surface area contributed by atoms with Gasteiger partial charge in [-0.25, -0.2) is 9.97 Å². The van der Waals surface area contributed by atoms with Crippen molar-refractivity contribution in [3.05, 3.63) is 46.6 Å². The Bertz CT molecular complexity index is 779. The number of nitrogens with one attached hydrogen (secondary N) is 1. The Morgan fingerprint density at radius 1 is 1.19 bits per heavy atom. The maximum Gasteiger partial charge on any atom is 0.417 e. The number of hydrogen-bond donors (Lipinski definition) is 1. The zero-order valence-electron chi connectivity index (χ0n) is 13.5. The molecule has 0 atom stereocenters. The Hall–Kier alpha value is -2.23. The Morgan fingerprint density at radius 3 is 2.50 bits per heavy atom. The van der Waals surface area contributed by atoms with Gasteiger partial charge in [-0.3, -0.25) is 9.78 Å². The van der Waals surface area contributed by atoms with Gasteiger partial charge in [-0.2, -0.15) is 13.2 Å². The van der Waals surface area contributed by atoms with Crippen molar-refractivity contribution in [1.82, 2.24) is 20.3 Å². The first-order valence-corrected chi connectivity index (χ1v) is 8.68. The molecule has 10 heteroatoms. The second-order valence-electron chi connectivity index (χ2n) is 5.85. The summed E-state index contributed by atoms with van der Waals surface area (Å²) < 4.78 is 38.5. The van der Waals surface area contributed by atoms with Gasteiger partial charge in [0.15, 0.2) is 0 Å². The fourth-order valence-electron chi connectivity index (χ4n) is 2.73. The van der Waals surface area contributed by atoms with Crippen molar-refractivity contribution < 1.29 is 18.0 Å². The second-order valence-corrected chi connectivity index (χ2v) is 6.71.